The molecule has 1 aromatic carbocycles. The van der Waals surface area contributed by atoms with E-state index < -0.39 is 15.9 Å². The Morgan fingerprint density at radius 3 is 2.71 bits per heavy atom. The number of rotatable bonds is 6. The number of benzene rings is 1. The monoisotopic (exact) mass is 408 g/mol. The number of aryl methyl sites for hydroxylation is 1. The highest BCUT2D eigenvalue weighted by atomic mass is 32.2. The molecule has 3 rings (SSSR count). The Hall–Kier alpha value is -2.59. The number of piperidine rings is 1. The van der Waals surface area contributed by atoms with Crippen LogP contribution in [0.4, 0.5) is 5.69 Å². The van der Waals surface area contributed by atoms with Gasteiger partial charge in [-0.05, 0) is 25.0 Å². The molecule has 1 amide bonds. The van der Waals surface area contributed by atoms with Gasteiger partial charge in [0.1, 0.15) is 11.5 Å². The number of anilines is 1. The molecule has 0 spiro atoms. The average Bonchev–Trinajstić information content (AvgIpc) is 3.15. The molecule has 0 aliphatic carbocycles. The number of methoxy groups -OCH3 is 2. The second-order valence-electron chi connectivity index (χ2n) is 6.64. The molecule has 2 aromatic rings. The maximum atomic E-state index is 12.8. The van der Waals surface area contributed by atoms with E-state index in [4.69, 9.17) is 9.47 Å². The Bertz CT molecular complexity index is 957. The van der Waals surface area contributed by atoms with Crippen molar-refractivity contribution in [1.82, 2.24) is 13.9 Å². The Labute approximate surface area is 164 Å². The summed E-state index contributed by atoms with van der Waals surface area (Å²) in [5.41, 5.74) is 0.483. The topological polar surface area (TPSA) is 103 Å². The Kier molecular flexibility index (Phi) is 5.90. The lowest BCUT2D eigenvalue weighted by atomic mass is 9.98. The molecule has 1 aliphatic rings. The summed E-state index contributed by atoms with van der Waals surface area (Å²) in [5, 5.41) is 2.83. The lowest BCUT2D eigenvalue weighted by Crippen LogP contribution is -2.43. The highest BCUT2D eigenvalue weighted by Gasteiger charge is 2.34. The highest BCUT2D eigenvalue weighted by molar-refractivity contribution is 7.89. The first kappa shape index (κ1) is 20.2. The molecule has 0 bridgehead atoms. The largest absolute Gasteiger partial charge is 0.497 e. The van der Waals surface area contributed by atoms with E-state index in [-0.39, 0.29) is 17.5 Å². The third-order valence-electron chi connectivity index (χ3n) is 4.70. The molecule has 1 aromatic heterocycles. The van der Waals surface area contributed by atoms with Crippen LogP contribution in [0.25, 0.3) is 0 Å². The van der Waals surface area contributed by atoms with Crippen molar-refractivity contribution in [3.63, 3.8) is 0 Å². The Balaban J connectivity index is 1.75. The molecule has 10 heteroatoms. The van der Waals surface area contributed by atoms with Crippen molar-refractivity contribution in [3.05, 3.63) is 30.7 Å². The van der Waals surface area contributed by atoms with Crippen LogP contribution in [0.5, 0.6) is 11.5 Å². The normalized spacial score (nSPS) is 17.9. The smallest absolute Gasteiger partial charge is 0.262 e. The maximum absolute atomic E-state index is 12.8. The van der Waals surface area contributed by atoms with E-state index in [9.17, 15) is 13.2 Å². The van der Waals surface area contributed by atoms with Gasteiger partial charge >= 0.3 is 0 Å². The summed E-state index contributed by atoms with van der Waals surface area (Å²) < 4.78 is 39.0. The van der Waals surface area contributed by atoms with E-state index in [1.165, 1.54) is 31.0 Å². The fourth-order valence-electron chi connectivity index (χ4n) is 3.18. The molecule has 28 heavy (non-hydrogen) atoms. The number of nitrogens with zero attached hydrogens (tertiary/aromatic N) is 3. The van der Waals surface area contributed by atoms with Gasteiger partial charge in [-0.15, -0.1) is 0 Å². The molecule has 1 aliphatic heterocycles. The van der Waals surface area contributed by atoms with E-state index in [1.54, 1.807) is 29.8 Å². The van der Waals surface area contributed by atoms with Crippen molar-refractivity contribution in [2.45, 2.75) is 17.9 Å². The molecular formula is C18H24N4O5S. The van der Waals surface area contributed by atoms with Gasteiger partial charge in [0.15, 0.2) is 5.03 Å². The van der Waals surface area contributed by atoms with Gasteiger partial charge in [0, 0.05) is 32.4 Å². The van der Waals surface area contributed by atoms with Crippen molar-refractivity contribution in [3.8, 4) is 11.5 Å². The van der Waals surface area contributed by atoms with Crippen LogP contribution in [0.3, 0.4) is 0 Å². The second-order valence-corrected chi connectivity index (χ2v) is 8.52. The summed E-state index contributed by atoms with van der Waals surface area (Å²) in [4.78, 5) is 16.7. The van der Waals surface area contributed by atoms with Crippen LogP contribution in [-0.2, 0) is 21.9 Å². The minimum atomic E-state index is -3.73. The standard InChI is InChI=1S/C18H24N4O5S/c1-21-11-17(19-12-21)28(24,25)22-8-4-5-13(10-22)18(23)20-15-9-14(26-2)6-7-16(15)27-3/h6-7,9,11-13H,4-5,8,10H2,1-3H3,(H,20,23). The van der Waals surface area contributed by atoms with Gasteiger partial charge in [-0.25, -0.2) is 13.4 Å². The number of ether oxygens (including phenoxy) is 2. The molecule has 1 atom stereocenters. The summed E-state index contributed by atoms with van der Waals surface area (Å²) in [6.45, 7) is 0.474. The number of sulfonamides is 1. The van der Waals surface area contributed by atoms with Crippen LogP contribution < -0.4 is 14.8 Å². The first-order valence-corrected chi connectivity index (χ1v) is 10.3. The number of hydrogen-bond donors (Lipinski definition) is 1. The second kappa shape index (κ2) is 8.19. The van der Waals surface area contributed by atoms with E-state index in [2.05, 4.69) is 10.3 Å². The van der Waals surface area contributed by atoms with Gasteiger partial charge in [-0.3, -0.25) is 4.79 Å². The molecule has 1 saturated heterocycles. The molecule has 0 radical (unpaired) electrons. The van der Waals surface area contributed by atoms with Crippen LogP contribution in [-0.4, -0.2) is 55.5 Å². The number of aromatic nitrogens is 2. The van der Waals surface area contributed by atoms with Gasteiger partial charge in [0.2, 0.25) is 5.91 Å². The van der Waals surface area contributed by atoms with E-state index in [0.717, 1.165) is 0 Å². The molecular weight excluding hydrogens is 384 g/mol. The van der Waals surface area contributed by atoms with Crippen LogP contribution in [0.1, 0.15) is 12.8 Å². The van der Waals surface area contributed by atoms with Gasteiger partial charge < -0.3 is 19.4 Å². The predicted molar refractivity (Wildman–Crippen MR) is 103 cm³/mol. The number of carbonyl (C=O) groups excluding carboxylic acids is 1. The van der Waals surface area contributed by atoms with Crippen molar-refractivity contribution >= 4 is 21.6 Å². The SMILES string of the molecule is COc1ccc(OC)c(NC(=O)C2CCCN(S(=O)(=O)c3cn(C)cn3)C2)c1. The summed E-state index contributed by atoms with van der Waals surface area (Å²) >= 11 is 0. The number of nitrogens with one attached hydrogen (secondary N) is 1. The lowest BCUT2D eigenvalue weighted by molar-refractivity contribution is -0.120. The van der Waals surface area contributed by atoms with Crippen molar-refractivity contribution in [1.29, 1.82) is 0 Å². The van der Waals surface area contributed by atoms with E-state index >= 15 is 0 Å². The predicted octanol–water partition coefficient (Wildman–Crippen LogP) is 1.48. The van der Waals surface area contributed by atoms with E-state index in [1.807, 2.05) is 0 Å². The summed E-state index contributed by atoms with van der Waals surface area (Å²) in [6, 6.07) is 5.10. The van der Waals surface area contributed by atoms with Gasteiger partial charge in [-0.2, -0.15) is 4.31 Å². The van der Waals surface area contributed by atoms with Crippen LogP contribution >= 0.6 is 0 Å². The number of carbonyl (C=O) groups is 1. The minimum Gasteiger partial charge on any atom is -0.497 e. The third kappa shape index (κ3) is 4.12. The third-order valence-corrected chi connectivity index (χ3v) is 6.46. The zero-order valence-electron chi connectivity index (χ0n) is 16.1. The zero-order chi connectivity index (χ0) is 20.3. The van der Waals surface area contributed by atoms with Gasteiger partial charge in [0.25, 0.3) is 10.0 Å². The molecule has 1 unspecified atom stereocenters. The quantitative estimate of drug-likeness (QED) is 0.777. The molecule has 0 saturated carbocycles. The highest BCUT2D eigenvalue weighted by Crippen LogP contribution is 2.30. The molecule has 2 heterocycles. The van der Waals surface area contributed by atoms with Crippen molar-refractivity contribution < 1.29 is 22.7 Å². The molecule has 1 N–H and O–H groups in total. The number of imidazole rings is 1. The Morgan fingerprint density at radius 1 is 1.29 bits per heavy atom. The molecule has 152 valence electrons. The van der Waals surface area contributed by atoms with Crippen molar-refractivity contribution in [2.75, 3.05) is 32.6 Å². The molecule has 1 fully saturated rings. The summed E-state index contributed by atoms with van der Waals surface area (Å²) in [6.07, 6.45) is 4.10. The van der Waals surface area contributed by atoms with Crippen LogP contribution in [0, 0.1) is 5.92 Å². The number of amides is 1. The van der Waals surface area contributed by atoms with Crippen LogP contribution in [0.15, 0.2) is 35.7 Å². The minimum absolute atomic E-state index is 0.00877. The van der Waals surface area contributed by atoms with Crippen molar-refractivity contribution in [2.24, 2.45) is 13.0 Å². The zero-order valence-corrected chi connectivity index (χ0v) is 16.9. The Morgan fingerprint density at radius 2 is 2.07 bits per heavy atom. The lowest BCUT2D eigenvalue weighted by Gasteiger charge is -2.30. The summed E-state index contributed by atoms with van der Waals surface area (Å²) in [7, 11) is 1.03. The van der Waals surface area contributed by atoms with Crippen LogP contribution in [0.2, 0.25) is 0 Å². The van der Waals surface area contributed by atoms with E-state index in [0.29, 0.717) is 36.6 Å². The average molecular weight is 408 g/mol. The molecule has 9 nitrogen and oxygen atoms in total. The fourth-order valence-corrected chi connectivity index (χ4v) is 4.67. The first-order chi connectivity index (χ1) is 13.3. The summed E-state index contributed by atoms with van der Waals surface area (Å²) in [5.74, 6) is 0.359. The fraction of sp³-hybridized carbons (Fsp3) is 0.444. The maximum Gasteiger partial charge on any atom is 0.262 e. The van der Waals surface area contributed by atoms with Gasteiger partial charge in [0.05, 0.1) is 32.2 Å². The first-order valence-electron chi connectivity index (χ1n) is 8.86. The number of hydrogen-bond acceptors (Lipinski definition) is 6. The van der Waals surface area contributed by atoms with Gasteiger partial charge in [-0.1, -0.05) is 0 Å².